The van der Waals surface area contributed by atoms with Crippen LogP contribution in [0.15, 0.2) is 46.9 Å². The Balaban J connectivity index is 2.34. The number of hydrogen-bond acceptors (Lipinski definition) is 1. The zero-order chi connectivity index (χ0) is 14.3. The maximum absolute atomic E-state index is 6.31. The second kappa shape index (κ2) is 5.23. The largest absolute Gasteiger partial charge is 0.295 e. The molecule has 1 aromatic heterocycles. The van der Waals surface area contributed by atoms with E-state index in [-0.39, 0.29) is 5.38 Å². The summed E-state index contributed by atoms with van der Waals surface area (Å²) in [5.74, 6) is 0.866. The first-order valence-electron chi connectivity index (χ1n) is 6.45. The number of imidazole rings is 1. The summed E-state index contributed by atoms with van der Waals surface area (Å²) in [4.78, 5) is 4.69. The Morgan fingerprint density at radius 1 is 1.20 bits per heavy atom. The van der Waals surface area contributed by atoms with Gasteiger partial charge in [-0.05, 0) is 49.7 Å². The van der Waals surface area contributed by atoms with Crippen LogP contribution < -0.4 is 0 Å². The van der Waals surface area contributed by atoms with E-state index in [1.54, 1.807) is 0 Å². The molecule has 0 fully saturated rings. The summed E-state index contributed by atoms with van der Waals surface area (Å²) < 4.78 is 3.16. The first-order chi connectivity index (χ1) is 9.56. The number of benzene rings is 2. The molecule has 1 unspecified atom stereocenters. The SMILES string of the molecule is Cc1ccc2c(c1)nc(C(C)Cl)n2-c1cccc(Br)c1. The standard InChI is InChI=1S/C16H14BrClN2/c1-10-6-7-15-14(8-10)19-16(11(2)18)20(15)13-5-3-4-12(17)9-13/h3-9,11H,1-2H3. The van der Waals surface area contributed by atoms with E-state index < -0.39 is 0 Å². The average molecular weight is 350 g/mol. The first-order valence-corrected chi connectivity index (χ1v) is 7.68. The van der Waals surface area contributed by atoms with Crippen LogP contribution in [0.2, 0.25) is 0 Å². The molecule has 4 heteroatoms. The van der Waals surface area contributed by atoms with Crippen LogP contribution in [0.4, 0.5) is 0 Å². The summed E-state index contributed by atoms with van der Waals surface area (Å²) >= 11 is 9.83. The van der Waals surface area contributed by atoms with Gasteiger partial charge in [-0.25, -0.2) is 4.98 Å². The third-order valence-corrected chi connectivity index (χ3v) is 3.95. The van der Waals surface area contributed by atoms with Crippen LogP contribution in [-0.2, 0) is 0 Å². The number of fused-ring (bicyclic) bond motifs is 1. The predicted octanol–water partition coefficient (Wildman–Crippen LogP) is 5.40. The molecule has 0 saturated carbocycles. The Morgan fingerprint density at radius 3 is 2.70 bits per heavy atom. The van der Waals surface area contributed by atoms with Crippen molar-refractivity contribution in [3.8, 4) is 5.69 Å². The Labute approximate surface area is 131 Å². The van der Waals surface area contributed by atoms with E-state index in [1.807, 2.05) is 19.1 Å². The maximum atomic E-state index is 6.31. The summed E-state index contributed by atoms with van der Waals surface area (Å²) in [6, 6.07) is 14.5. The van der Waals surface area contributed by atoms with Gasteiger partial charge in [0, 0.05) is 10.2 Å². The molecule has 0 N–H and O–H groups in total. The van der Waals surface area contributed by atoms with Crippen molar-refractivity contribution in [2.45, 2.75) is 19.2 Å². The average Bonchev–Trinajstić information content (AvgIpc) is 2.77. The molecule has 20 heavy (non-hydrogen) atoms. The molecule has 102 valence electrons. The van der Waals surface area contributed by atoms with Crippen molar-refractivity contribution in [3.05, 3.63) is 58.3 Å². The van der Waals surface area contributed by atoms with Crippen molar-refractivity contribution in [1.29, 1.82) is 0 Å². The van der Waals surface area contributed by atoms with Crippen molar-refractivity contribution >= 4 is 38.6 Å². The summed E-state index contributed by atoms with van der Waals surface area (Å²) in [6.45, 7) is 4.02. The zero-order valence-electron chi connectivity index (χ0n) is 11.3. The molecule has 1 atom stereocenters. The normalized spacial score (nSPS) is 12.8. The molecule has 0 aliphatic carbocycles. The lowest BCUT2D eigenvalue weighted by atomic mass is 10.2. The van der Waals surface area contributed by atoms with Gasteiger partial charge in [0.05, 0.1) is 16.4 Å². The van der Waals surface area contributed by atoms with Gasteiger partial charge in [-0.15, -0.1) is 11.6 Å². The maximum Gasteiger partial charge on any atom is 0.132 e. The number of aryl methyl sites for hydroxylation is 1. The van der Waals surface area contributed by atoms with Crippen LogP contribution in [0, 0.1) is 6.92 Å². The van der Waals surface area contributed by atoms with Crippen molar-refractivity contribution in [2.75, 3.05) is 0 Å². The van der Waals surface area contributed by atoms with Gasteiger partial charge >= 0.3 is 0 Å². The van der Waals surface area contributed by atoms with E-state index in [4.69, 9.17) is 16.6 Å². The number of halogens is 2. The highest BCUT2D eigenvalue weighted by molar-refractivity contribution is 9.10. The van der Waals surface area contributed by atoms with Crippen LogP contribution in [0.25, 0.3) is 16.7 Å². The summed E-state index contributed by atoms with van der Waals surface area (Å²) in [5, 5.41) is -0.151. The van der Waals surface area contributed by atoms with Crippen LogP contribution >= 0.6 is 27.5 Å². The van der Waals surface area contributed by atoms with Crippen molar-refractivity contribution in [1.82, 2.24) is 9.55 Å². The van der Waals surface area contributed by atoms with Crippen LogP contribution in [0.5, 0.6) is 0 Å². The van der Waals surface area contributed by atoms with E-state index in [1.165, 1.54) is 5.56 Å². The Bertz CT molecular complexity index is 777. The molecule has 0 radical (unpaired) electrons. The molecular weight excluding hydrogens is 336 g/mol. The lowest BCUT2D eigenvalue weighted by Crippen LogP contribution is -2.01. The highest BCUT2D eigenvalue weighted by Crippen LogP contribution is 2.29. The number of nitrogens with zero attached hydrogens (tertiary/aromatic N) is 2. The zero-order valence-corrected chi connectivity index (χ0v) is 13.6. The fourth-order valence-electron chi connectivity index (χ4n) is 2.36. The van der Waals surface area contributed by atoms with E-state index in [0.29, 0.717) is 0 Å². The fourth-order valence-corrected chi connectivity index (χ4v) is 2.90. The van der Waals surface area contributed by atoms with E-state index >= 15 is 0 Å². The van der Waals surface area contributed by atoms with Crippen LogP contribution in [0.3, 0.4) is 0 Å². The summed E-state index contributed by atoms with van der Waals surface area (Å²) in [6.07, 6.45) is 0. The molecular formula is C16H14BrClN2. The molecule has 0 bridgehead atoms. The highest BCUT2D eigenvalue weighted by atomic mass is 79.9. The fraction of sp³-hybridized carbons (Fsp3) is 0.188. The van der Waals surface area contributed by atoms with E-state index in [0.717, 1.165) is 27.0 Å². The molecule has 3 aromatic rings. The van der Waals surface area contributed by atoms with E-state index in [9.17, 15) is 0 Å². The second-order valence-electron chi connectivity index (χ2n) is 4.89. The van der Waals surface area contributed by atoms with Crippen LogP contribution in [-0.4, -0.2) is 9.55 Å². The van der Waals surface area contributed by atoms with Crippen LogP contribution in [0.1, 0.15) is 23.7 Å². The number of alkyl halides is 1. The lowest BCUT2D eigenvalue weighted by molar-refractivity contribution is 0.882. The van der Waals surface area contributed by atoms with E-state index in [2.05, 4.69) is 57.8 Å². The minimum atomic E-state index is -0.151. The first kappa shape index (κ1) is 13.7. The summed E-state index contributed by atoms with van der Waals surface area (Å²) in [7, 11) is 0. The molecule has 2 nitrogen and oxygen atoms in total. The number of aromatic nitrogens is 2. The number of rotatable bonds is 2. The van der Waals surface area contributed by atoms with Crippen molar-refractivity contribution < 1.29 is 0 Å². The van der Waals surface area contributed by atoms with Gasteiger partial charge in [-0.1, -0.05) is 28.1 Å². The predicted molar refractivity (Wildman–Crippen MR) is 87.8 cm³/mol. The molecule has 2 aromatic carbocycles. The molecule has 0 amide bonds. The van der Waals surface area contributed by atoms with Gasteiger partial charge < -0.3 is 0 Å². The molecule has 0 aliphatic heterocycles. The van der Waals surface area contributed by atoms with Gasteiger partial charge in [0.25, 0.3) is 0 Å². The molecule has 3 rings (SSSR count). The van der Waals surface area contributed by atoms with Gasteiger partial charge in [0.15, 0.2) is 0 Å². The smallest absolute Gasteiger partial charge is 0.132 e. The monoisotopic (exact) mass is 348 g/mol. The Morgan fingerprint density at radius 2 is 2.00 bits per heavy atom. The molecule has 1 heterocycles. The van der Waals surface area contributed by atoms with Gasteiger partial charge in [0.2, 0.25) is 0 Å². The minimum absolute atomic E-state index is 0.151. The number of hydrogen-bond donors (Lipinski definition) is 0. The van der Waals surface area contributed by atoms with Gasteiger partial charge in [0.1, 0.15) is 5.82 Å². The topological polar surface area (TPSA) is 17.8 Å². The van der Waals surface area contributed by atoms with Crippen molar-refractivity contribution in [3.63, 3.8) is 0 Å². The second-order valence-corrected chi connectivity index (χ2v) is 6.46. The van der Waals surface area contributed by atoms with Gasteiger partial charge in [-0.2, -0.15) is 0 Å². The molecule has 0 spiro atoms. The Kier molecular flexibility index (Phi) is 3.57. The third kappa shape index (κ3) is 2.36. The summed E-state index contributed by atoms with van der Waals surface area (Å²) in [5.41, 5.74) is 4.32. The lowest BCUT2D eigenvalue weighted by Gasteiger charge is -2.11. The van der Waals surface area contributed by atoms with Gasteiger partial charge in [-0.3, -0.25) is 4.57 Å². The van der Waals surface area contributed by atoms with Crippen molar-refractivity contribution in [2.24, 2.45) is 0 Å². The minimum Gasteiger partial charge on any atom is -0.295 e. The third-order valence-electron chi connectivity index (χ3n) is 3.26. The quantitative estimate of drug-likeness (QED) is 0.567. The highest BCUT2D eigenvalue weighted by Gasteiger charge is 2.16. The Hall–Kier alpha value is -1.32. The molecule has 0 aliphatic rings. The molecule has 0 saturated heterocycles.